The molecule has 0 saturated carbocycles. The van der Waals surface area contributed by atoms with E-state index in [9.17, 15) is 13.2 Å². The SMILES string of the molecule is Cc1ccc(Cc2ccc(Cc3ccc(C)c(F)c3F)cc2)c(F)c1. The van der Waals surface area contributed by atoms with Gasteiger partial charge >= 0.3 is 0 Å². The first-order valence-corrected chi connectivity index (χ1v) is 8.20. The van der Waals surface area contributed by atoms with Gasteiger partial charge in [-0.2, -0.15) is 0 Å². The second kappa shape index (κ2) is 7.14. The summed E-state index contributed by atoms with van der Waals surface area (Å²) < 4.78 is 41.6. The van der Waals surface area contributed by atoms with Gasteiger partial charge in [0, 0.05) is 12.8 Å². The zero-order valence-electron chi connectivity index (χ0n) is 14.2. The van der Waals surface area contributed by atoms with Gasteiger partial charge in [-0.3, -0.25) is 0 Å². The molecule has 3 rings (SSSR count). The van der Waals surface area contributed by atoms with Gasteiger partial charge < -0.3 is 0 Å². The van der Waals surface area contributed by atoms with E-state index in [0.717, 1.165) is 16.7 Å². The number of halogens is 3. The molecule has 3 aromatic carbocycles. The summed E-state index contributed by atoms with van der Waals surface area (Å²) in [6, 6.07) is 16.0. The molecule has 0 atom stereocenters. The van der Waals surface area contributed by atoms with Crippen LogP contribution in [0.15, 0.2) is 54.6 Å². The predicted molar refractivity (Wildman–Crippen MR) is 94.3 cm³/mol. The maximum Gasteiger partial charge on any atom is 0.162 e. The molecule has 0 aliphatic carbocycles. The Bertz CT molecular complexity index is 896. The minimum atomic E-state index is -0.788. The quantitative estimate of drug-likeness (QED) is 0.554. The summed E-state index contributed by atoms with van der Waals surface area (Å²) in [5, 5.41) is 0. The molecule has 0 fully saturated rings. The summed E-state index contributed by atoms with van der Waals surface area (Å²) in [6.45, 7) is 3.40. The van der Waals surface area contributed by atoms with Crippen molar-refractivity contribution in [1.29, 1.82) is 0 Å². The van der Waals surface area contributed by atoms with E-state index >= 15 is 0 Å². The average Bonchev–Trinajstić information content (AvgIpc) is 2.59. The second-order valence-electron chi connectivity index (χ2n) is 6.43. The van der Waals surface area contributed by atoms with Gasteiger partial charge in [0.15, 0.2) is 11.6 Å². The molecule has 0 spiro atoms. The van der Waals surface area contributed by atoms with Crippen molar-refractivity contribution in [2.45, 2.75) is 26.7 Å². The van der Waals surface area contributed by atoms with Gasteiger partial charge in [0.05, 0.1) is 0 Å². The Labute approximate surface area is 146 Å². The lowest BCUT2D eigenvalue weighted by molar-refractivity contribution is 0.495. The monoisotopic (exact) mass is 340 g/mol. The van der Waals surface area contributed by atoms with E-state index in [-0.39, 0.29) is 5.82 Å². The van der Waals surface area contributed by atoms with Crippen LogP contribution in [-0.2, 0) is 12.8 Å². The number of aryl methyl sites for hydroxylation is 2. The van der Waals surface area contributed by atoms with Crippen LogP contribution >= 0.6 is 0 Å². The van der Waals surface area contributed by atoms with Gasteiger partial charge in [0.25, 0.3) is 0 Å². The standard InChI is InChI=1S/C22H19F3/c1-14-3-9-18(20(23)11-14)12-16-5-7-17(8-6-16)13-19-10-4-15(2)21(24)22(19)25/h3-11H,12-13H2,1-2H3. The van der Waals surface area contributed by atoms with Crippen LogP contribution in [0.1, 0.15) is 33.4 Å². The summed E-state index contributed by atoms with van der Waals surface area (Å²) in [6.07, 6.45) is 0.822. The lowest BCUT2D eigenvalue weighted by atomic mass is 9.99. The van der Waals surface area contributed by atoms with Gasteiger partial charge in [-0.05, 0) is 53.3 Å². The van der Waals surface area contributed by atoms with Crippen molar-refractivity contribution >= 4 is 0 Å². The summed E-state index contributed by atoms with van der Waals surface area (Å²) in [7, 11) is 0. The molecule has 3 heteroatoms. The van der Waals surface area contributed by atoms with Gasteiger partial charge in [-0.15, -0.1) is 0 Å². The van der Waals surface area contributed by atoms with Crippen molar-refractivity contribution in [1.82, 2.24) is 0 Å². The minimum Gasteiger partial charge on any atom is -0.207 e. The van der Waals surface area contributed by atoms with E-state index in [0.29, 0.717) is 29.5 Å². The highest BCUT2D eigenvalue weighted by Gasteiger charge is 2.11. The van der Waals surface area contributed by atoms with E-state index in [1.165, 1.54) is 6.07 Å². The molecule has 0 unspecified atom stereocenters. The lowest BCUT2D eigenvalue weighted by Gasteiger charge is -2.08. The van der Waals surface area contributed by atoms with Crippen LogP contribution in [0.3, 0.4) is 0 Å². The van der Waals surface area contributed by atoms with Crippen molar-refractivity contribution in [2.75, 3.05) is 0 Å². The zero-order valence-corrected chi connectivity index (χ0v) is 14.2. The summed E-state index contributed by atoms with van der Waals surface area (Å²) in [5.74, 6) is -1.78. The Hall–Kier alpha value is -2.55. The van der Waals surface area contributed by atoms with Gasteiger partial charge in [0.2, 0.25) is 0 Å². The summed E-state index contributed by atoms with van der Waals surface area (Å²) >= 11 is 0. The number of benzene rings is 3. The van der Waals surface area contributed by atoms with Gasteiger partial charge in [-0.1, -0.05) is 48.5 Å². The first kappa shape index (κ1) is 17.3. The normalized spacial score (nSPS) is 10.9. The molecule has 3 aromatic rings. The van der Waals surface area contributed by atoms with Crippen LogP contribution in [0.2, 0.25) is 0 Å². The van der Waals surface area contributed by atoms with Gasteiger partial charge in [0.1, 0.15) is 5.82 Å². The first-order chi connectivity index (χ1) is 11.9. The molecular weight excluding hydrogens is 321 g/mol. The summed E-state index contributed by atoms with van der Waals surface area (Å²) in [4.78, 5) is 0. The van der Waals surface area contributed by atoms with Gasteiger partial charge in [-0.25, -0.2) is 13.2 Å². The molecule has 0 amide bonds. The number of rotatable bonds is 4. The van der Waals surface area contributed by atoms with Crippen LogP contribution in [0.5, 0.6) is 0 Å². The van der Waals surface area contributed by atoms with Crippen LogP contribution < -0.4 is 0 Å². The molecule has 0 radical (unpaired) electrons. The van der Waals surface area contributed by atoms with Crippen LogP contribution in [0, 0.1) is 31.3 Å². The van der Waals surface area contributed by atoms with Crippen molar-refractivity contribution in [3.8, 4) is 0 Å². The highest BCUT2D eigenvalue weighted by atomic mass is 19.2. The van der Waals surface area contributed by atoms with Crippen molar-refractivity contribution < 1.29 is 13.2 Å². The zero-order chi connectivity index (χ0) is 18.0. The minimum absolute atomic E-state index is 0.207. The molecule has 0 heterocycles. The molecule has 0 aromatic heterocycles. The highest BCUT2D eigenvalue weighted by molar-refractivity contribution is 5.34. The molecule has 0 N–H and O–H groups in total. The first-order valence-electron chi connectivity index (χ1n) is 8.20. The number of hydrogen-bond acceptors (Lipinski definition) is 0. The third kappa shape index (κ3) is 3.93. The fraction of sp³-hybridized carbons (Fsp3) is 0.182. The smallest absolute Gasteiger partial charge is 0.162 e. The second-order valence-corrected chi connectivity index (χ2v) is 6.43. The molecule has 0 aliphatic rings. The number of hydrogen-bond donors (Lipinski definition) is 0. The third-order valence-electron chi connectivity index (χ3n) is 4.38. The molecule has 128 valence electrons. The van der Waals surface area contributed by atoms with E-state index < -0.39 is 11.6 Å². The fourth-order valence-corrected chi connectivity index (χ4v) is 2.83. The Morgan fingerprint density at radius 3 is 1.80 bits per heavy atom. The molecule has 0 saturated heterocycles. The van der Waals surface area contributed by atoms with Crippen LogP contribution in [0.25, 0.3) is 0 Å². The fourth-order valence-electron chi connectivity index (χ4n) is 2.83. The molecule has 25 heavy (non-hydrogen) atoms. The maximum atomic E-state index is 14.0. The third-order valence-corrected chi connectivity index (χ3v) is 4.38. The Morgan fingerprint density at radius 1 is 0.640 bits per heavy atom. The van der Waals surface area contributed by atoms with Crippen LogP contribution in [0.4, 0.5) is 13.2 Å². The molecule has 0 nitrogen and oxygen atoms in total. The Balaban J connectivity index is 1.75. The summed E-state index contributed by atoms with van der Waals surface area (Å²) in [5.41, 5.74) is 4.03. The van der Waals surface area contributed by atoms with Crippen LogP contribution in [-0.4, -0.2) is 0 Å². The molecule has 0 aliphatic heterocycles. The Morgan fingerprint density at radius 2 is 1.20 bits per heavy atom. The molecular formula is C22H19F3. The topological polar surface area (TPSA) is 0 Å². The van der Waals surface area contributed by atoms with E-state index in [2.05, 4.69) is 0 Å². The van der Waals surface area contributed by atoms with Crippen molar-refractivity contribution in [2.24, 2.45) is 0 Å². The lowest BCUT2D eigenvalue weighted by Crippen LogP contribution is -1.99. The Kier molecular flexibility index (Phi) is 4.93. The average molecular weight is 340 g/mol. The largest absolute Gasteiger partial charge is 0.207 e. The predicted octanol–water partition coefficient (Wildman–Crippen LogP) is 5.90. The van der Waals surface area contributed by atoms with E-state index in [1.807, 2.05) is 37.3 Å². The van der Waals surface area contributed by atoms with E-state index in [4.69, 9.17) is 0 Å². The molecule has 0 bridgehead atoms. The van der Waals surface area contributed by atoms with Crippen molar-refractivity contribution in [3.05, 3.63) is 105 Å². The maximum absolute atomic E-state index is 14.0. The highest BCUT2D eigenvalue weighted by Crippen LogP contribution is 2.20. The van der Waals surface area contributed by atoms with Crippen molar-refractivity contribution in [3.63, 3.8) is 0 Å². The van der Waals surface area contributed by atoms with E-state index in [1.54, 1.807) is 25.1 Å².